The average molecular weight is 151 g/mol. The van der Waals surface area contributed by atoms with Crippen molar-refractivity contribution >= 4 is 5.97 Å². The minimum Gasteiger partial charge on any atom is -0.477 e. The van der Waals surface area contributed by atoms with Gasteiger partial charge in [0.05, 0.1) is 5.54 Å². The molecule has 1 rings (SSSR count). The highest BCUT2D eigenvalue weighted by Gasteiger charge is 2.64. The van der Waals surface area contributed by atoms with Gasteiger partial charge in [-0.3, -0.25) is 0 Å². The van der Waals surface area contributed by atoms with Gasteiger partial charge in [-0.15, -0.1) is 0 Å². The Morgan fingerprint density at radius 2 is 2.00 bits per heavy atom. The van der Waals surface area contributed by atoms with Gasteiger partial charge >= 0.3 is 11.9 Å². The molecular weight excluding hydrogens is 144 g/mol. The number of carbonyl (C=O) groups is 1. The zero-order valence-electron chi connectivity index (χ0n) is 5.10. The summed E-state index contributed by atoms with van der Waals surface area (Å²) < 4.78 is 24.8. The first kappa shape index (κ1) is 7.40. The summed E-state index contributed by atoms with van der Waals surface area (Å²) in [6, 6.07) is 0. The molecule has 1 aliphatic carbocycles. The van der Waals surface area contributed by atoms with Gasteiger partial charge in [0.15, 0.2) is 0 Å². The van der Waals surface area contributed by atoms with E-state index >= 15 is 0 Å². The predicted octanol–water partition coefficient (Wildman–Crippen LogP) is 0.198. The van der Waals surface area contributed by atoms with E-state index in [2.05, 4.69) is 0 Å². The molecule has 1 fully saturated rings. The molecule has 0 aromatic heterocycles. The minimum atomic E-state index is -3.76. The summed E-state index contributed by atoms with van der Waals surface area (Å²) in [5.74, 6) is -5.89. The number of carboxylic acid groups (broad SMARTS) is 1. The number of hydrogen-bond acceptors (Lipinski definition) is 2. The second-order valence-corrected chi connectivity index (χ2v) is 2.54. The molecule has 5 heteroatoms. The summed E-state index contributed by atoms with van der Waals surface area (Å²) in [5.41, 5.74) is 3.23. The Morgan fingerprint density at radius 1 is 1.60 bits per heavy atom. The first-order valence-electron chi connectivity index (χ1n) is 2.80. The molecule has 3 nitrogen and oxygen atoms in total. The quantitative estimate of drug-likeness (QED) is 0.592. The predicted molar refractivity (Wildman–Crippen MR) is 28.7 cm³/mol. The monoisotopic (exact) mass is 151 g/mol. The standard InChI is InChI=1S/C5H7F2NO2/c6-5(7,3(9)10)4(8)1-2-4/h1-2,8H2,(H,9,10). The van der Waals surface area contributed by atoms with Crippen LogP contribution in [0.3, 0.4) is 0 Å². The van der Waals surface area contributed by atoms with Gasteiger partial charge in [0.25, 0.3) is 0 Å². The van der Waals surface area contributed by atoms with Crippen LogP contribution in [0.15, 0.2) is 0 Å². The highest BCUT2D eigenvalue weighted by atomic mass is 19.3. The van der Waals surface area contributed by atoms with Crippen molar-refractivity contribution in [1.29, 1.82) is 0 Å². The Hall–Kier alpha value is -0.710. The van der Waals surface area contributed by atoms with Crippen LogP contribution in [0.1, 0.15) is 12.8 Å². The second kappa shape index (κ2) is 1.66. The van der Waals surface area contributed by atoms with E-state index < -0.39 is 17.4 Å². The molecule has 0 aliphatic heterocycles. The number of nitrogens with two attached hydrogens (primary N) is 1. The summed E-state index contributed by atoms with van der Waals surface area (Å²) in [4.78, 5) is 9.88. The molecule has 0 unspecified atom stereocenters. The number of rotatable bonds is 2. The van der Waals surface area contributed by atoms with Gasteiger partial charge < -0.3 is 10.8 Å². The molecule has 0 radical (unpaired) electrons. The van der Waals surface area contributed by atoms with E-state index in [0.717, 1.165) is 0 Å². The fourth-order valence-corrected chi connectivity index (χ4v) is 0.662. The van der Waals surface area contributed by atoms with Crippen molar-refractivity contribution in [2.75, 3.05) is 0 Å². The second-order valence-electron chi connectivity index (χ2n) is 2.54. The molecule has 1 aliphatic rings. The fraction of sp³-hybridized carbons (Fsp3) is 0.800. The van der Waals surface area contributed by atoms with Crippen molar-refractivity contribution in [3.63, 3.8) is 0 Å². The maximum atomic E-state index is 12.4. The van der Waals surface area contributed by atoms with Crippen molar-refractivity contribution in [3.8, 4) is 0 Å². The summed E-state index contributed by atoms with van der Waals surface area (Å²) in [5, 5.41) is 7.99. The molecule has 3 N–H and O–H groups in total. The summed E-state index contributed by atoms with van der Waals surface area (Å²) >= 11 is 0. The Morgan fingerprint density at radius 3 is 2.10 bits per heavy atom. The first-order valence-corrected chi connectivity index (χ1v) is 2.80. The number of aliphatic carboxylic acids is 1. The third-order valence-corrected chi connectivity index (χ3v) is 1.68. The van der Waals surface area contributed by atoms with Gasteiger partial charge in [0.2, 0.25) is 0 Å². The largest absolute Gasteiger partial charge is 0.477 e. The van der Waals surface area contributed by atoms with Gasteiger partial charge in [-0.05, 0) is 12.8 Å². The molecular formula is C5H7F2NO2. The van der Waals surface area contributed by atoms with Gasteiger partial charge in [-0.1, -0.05) is 0 Å². The maximum Gasteiger partial charge on any atom is 0.376 e. The SMILES string of the molecule is NC1(C(F)(F)C(=O)O)CC1. The van der Waals surface area contributed by atoms with E-state index in [4.69, 9.17) is 10.8 Å². The molecule has 1 saturated carbocycles. The fourth-order valence-electron chi connectivity index (χ4n) is 0.662. The van der Waals surface area contributed by atoms with E-state index in [1.807, 2.05) is 0 Å². The molecule has 0 atom stereocenters. The van der Waals surface area contributed by atoms with E-state index in [9.17, 15) is 13.6 Å². The summed E-state index contributed by atoms with van der Waals surface area (Å²) in [6.07, 6.45) is 0.179. The Labute approximate surface area is 55.8 Å². The lowest BCUT2D eigenvalue weighted by molar-refractivity contribution is -0.169. The van der Waals surface area contributed by atoms with E-state index in [0.29, 0.717) is 0 Å². The van der Waals surface area contributed by atoms with Crippen LogP contribution < -0.4 is 5.73 Å². The van der Waals surface area contributed by atoms with Crippen molar-refractivity contribution in [2.45, 2.75) is 24.3 Å². The van der Waals surface area contributed by atoms with Crippen LogP contribution in [0.25, 0.3) is 0 Å². The maximum absolute atomic E-state index is 12.4. The lowest BCUT2D eigenvalue weighted by Crippen LogP contribution is -2.49. The zero-order valence-corrected chi connectivity index (χ0v) is 5.10. The highest BCUT2D eigenvalue weighted by Crippen LogP contribution is 2.45. The number of hydrogen-bond donors (Lipinski definition) is 2. The van der Waals surface area contributed by atoms with Gasteiger partial charge in [-0.2, -0.15) is 8.78 Å². The lowest BCUT2D eigenvalue weighted by atomic mass is 10.1. The molecule has 0 bridgehead atoms. The highest BCUT2D eigenvalue weighted by molar-refractivity contribution is 5.78. The van der Waals surface area contributed by atoms with Gasteiger partial charge in [0, 0.05) is 0 Å². The van der Waals surface area contributed by atoms with Crippen LogP contribution in [0.4, 0.5) is 8.78 Å². The molecule has 0 saturated heterocycles. The lowest BCUT2D eigenvalue weighted by Gasteiger charge is -2.17. The minimum absolute atomic E-state index is 0.0896. The first-order chi connectivity index (χ1) is 4.40. The van der Waals surface area contributed by atoms with E-state index in [1.165, 1.54) is 0 Å². The van der Waals surface area contributed by atoms with Crippen LogP contribution in [0.2, 0.25) is 0 Å². The van der Waals surface area contributed by atoms with E-state index in [1.54, 1.807) is 0 Å². The number of halogens is 2. The summed E-state index contributed by atoms with van der Waals surface area (Å²) in [6.45, 7) is 0. The number of alkyl halides is 2. The van der Waals surface area contributed by atoms with Crippen LogP contribution in [0.5, 0.6) is 0 Å². The van der Waals surface area contributed by atoms with Gasteiger partial charge in [-0.25, -0.2) is 4.79 Å². The molecule has 0 aromatic rings. The molecule has 10 heavy (non-hydrogen) atoms. The van der Waals surface area contributed by atoms with Crippen LogP contribution in [-0.4, -0.2) is 22.5 Å². The van der Waals surface area contributed by atoms with Crippen molar-refractivity contribution < 1.29 is 18.7 Å². The third-order valence-electron chi connectivity index (χ3n) is 1.68. The van der Waals surface area contributed by atoms with Crippen LogP contribution in [0, 0.1) is 0 Å². The van der Waals surface area contributed by atoms with Crippen molar-refractivity contribution in [3.05, 3.63) is 0 Å². The Bertz CT molecular complexity index is 176. The Balaban J connectivity index is 2.77. The van der Waals surface area contributed by atoms with Crippen molar-refractivity contribution in [2.24, 2.45) is 5.73 Å². The van der Waals surface area contributed by atoms with Crippen molar-refractivity contribution in [1.82, 2.24) is 0 Å². The molecule has 58 valence electrons. The molecule has 0 spiro atoms. The topological polar surface area (TPSA) is 63.3 Å². The molecule has 0 aromatic carbocycles. The smallest absolute Gasteiger partial charge is 0.376 e. The van der Waals surface area contributed by atoms with Gasteiger partial charge in [0.1, 0.15) is 0 Å². The van der Waals surface area contributed by atoms with Crippen LogP contribution in [-0.2, 0) is 4.79 Å². The Kier molecular flexibility index (Phi) is 1.23. The zero-order chi connectivity index (χ0) is 7.99. The average Bonchev–Trinajstić information content (AvgIpc) is 2.48. The number of carboxylic acids is 1. The molecule has 0 heterocycles. The van der Waals surface area contributed by atoms with Crippen LogP contribution >= 0.6 is 0 Å². The molecule has 0 amide bonds. The normalized spacial score (nSPS) is 22.3. The summed E-state index contributed by atoms with van der Waals surface area (Å²) in [7, 11) is 0. The third kappa shape index (κ3) is 0.775. The van der Waals surface area contributed by atoms with E-state index in [-0.39, 0.29) is 12.8 Å².